The summed E-state index contributed by atoms with van der Waals surface area (Å²) in [6.07, 6.45) is 11.6. The van der Waals surface area contributed by atoms with Crippen molar-refractivity contribution in [3.8, 4) is 0 Å². The minimum absolute atomic E-state index is 0.0218. The molecule has 2 nitrogen and oxygen atoms in total. The van der Waals surface area contributed by atoms with Gasteiger partial charge in [-0.25, -0.2) is 0 Å². The van der Waals surface area contributed by atoms with Crippen LogP contribution < -0.4 is 0 Å². The van der Waals surface area contributed by atoms with Gasteiger partial charge in [-0.1, -0.05) is 34.1 Å². The summed E-state index contributed by atoms with van der Waals surface area (Å²) in [6.45, 7) is 13.7. The molecule has 2 rings (SSSR count). The van der Waals surface area contributed by atoms with Crippen LogP contribution in [-0.2, 0) is 9.53 Å². The van der Waals surface area contributed by atoms with Crippen molar-refractivity contribution < 1.29 is 9.53 Å². The topological polar surface area (TPSA) is 26.3 Å². The Bertz CT molecular complexity index is 421. The molecule has 2 aliphatic carbocycles. The molecule has 25 heavy (non-hydrogen) atoms. The Labute approximate surface area is 156 Å². The average molecular weight is 351 g/mol. The Morgan fingerprint density at radius 2 is 1.28 bits per heavy atom. The van der Waals surface area contributed by atoms with Crippen LogP contribution in [0.15, 0.2) is 0 Å². The Morgan fingerprint density at radius 1 is 0.800 bits per heavy atom. The summed E-state index contributed by atoms with van der Waals surface area (Å²) in [5, 5.41) is 0. The average Bonchev–Trinajstić information content (AvgIpc) is 2.61. The number of hydrogen-bond donors (Lipinski definition) is 0. The van der Waals surface area contributed by atoms with E-state index in [1.807, 2.05) is 0 Å². The molecule has 0 unspecified atom stereocenters. The fourth-order valence-electron chi connectivity index (χ4n) is 4.78. The normalized spacial score (nSPS) is 31.8. The van der Waals surface area contributed by atoms with Gasteiger partial charge in [-0.05, 0) is 83.0 Å². The molecular formula is C23H42O2. The number of rotatable bonds is 7. The largest absolute Gasteiger partial charge is 0.372 e. The zero-order valence-electron chi connectivity index (χ0n) is 17.7. The zero-order chi connectivity index (χ0) is 18.7. The molecule has 0 aromatic heterocycles. The van der Waals surface area contributed by atoms with Crippen LogP contribution >= 0.6 is 0 Å². The molecular weight excluding hydrogens is 308 g/mol. The van der Waals surface area contributed by atoms with Crippen molar-refractivity contribution in [2.45, 2.75) is 117 Å². The highest BCUT2D eigenvalue weighted by Gasteiger charge is 2.37. The van der Waals surface area contributed by atoms with Crippen LogP contribution in [0.2, 0.25) is 0 Å². The molecule has 0 saturated heterocycles. The number of carbonyl (C=O) groups excluding carboxylic acids is 1. The van der Waals surface area contributed by atoms with Crippen molar-refractivity contribution in [2.75, 3.05) is 0 Å². The lowest BCUT2D eigenvalue weighted by molar-refractivity contribution is -0.132. The highest BCUT2D eigenvalue weighted by Crippen LogP contribution is 2.43. The molecule has 0 amide bonds. The molecule has 0 aromatic rings. The minimum Gasteiger partial charge on any atom is -0.372 e. The summed E-state index contributed by atoms with van der Waals surface area (Å²) in [5.74, 6) is 2.05. The molecule has 2 heteroatoms. The van der Waals surface area contributed by atoms with E-state index >= 15 is 0 Å². The quantitative estimate of drug-likeness (QED) is 0.519. The van der Waals surface area contributed by atoms with E-state index in [2.05, 4.69) is 41.5 Å². The second kappa shape index (κ2) is 8.55. The summed E-state index contributed by atoms with van der Waals surface area (Å²) in [6, 6.07) is 0. The predicted molar refractivity (Wildman–Crippen MR) is 106 cm³/mol. The highest BCUT2D eigenvalue weighted by atomic mass is 16.5. The van der Waals surface area contributed by atoms with Crippen molar-refractivity contribution >= 4 is 5.78 Å². The minimum atomic E-state index is -0.0218. The van der Waals surface area contributed by atoms with Crippen LogP contribution in [0.5, 0.6) is 0 Å². The van der Waals surface area contributed by atoms with Crippen LogP contribution in [0.4, 0.5) is 0 Å². The molecule has 0 N–H and O–H groups in total. The lowest BCUT2D eigenvalue weighted by Crippen LogP contribution is -2.36. The second-order valence-electron chi connectivity index (χ2n) is 10.00. The lowest BCUT2D eigenvalue weighted by Gasteiger charge is -2.40. The molecule has 0 heterocycles. The van der Waals surface area contributed by atoms with E-state index in [0.29, 0.717) is 29.1 Å². The van der Waals surface area contributed by atoms with E-state index in [1.54, 1.807) is 0 Å². The molecule has 0 atom stereocenters. The summed E-state index contributed by atoms with van der Waals surface area (Å²) in [4.78, 5) is 13.0. The van der Waals surface area contributed by atoms with Crippen LogP contribution in [0.1, 0.15) is 106 Å². The van der Waals surface area contributed by atoms with Crippen molar-refractivity contribution in [3.05, 3.63) is 0 Å². The smallest absolute Gasteiger partial charge is 0.139 e. The third-order valence-corrected chi connectivity index (χ3v) is 7.56. The fraction of sp³-hybridized carbons (Fsp3) is 0.957. The van der Waals surface area contributed by atoms with Gasteiger partial charge >= 0.3 is 0 Å². The Balaban J connectivity index is 1.78. The van der Waals surface area contributed by atoms with Gasteiger partial charge in [-0.3, -0.25) is 4.79 Å². The van der Waals surface area contributed by atoms with Gasteiger partial charge in [0.1, 0.15) is 5.78 Å². The molecule has 0 spiro atoms. The highest BCUT2D eigenvalue weighted by molar-refractivity contribution is 5.83. The molecule has 2 saturated carbocycles. The van der Waals surface area contributed by atoms with E-state index in [4.69, 9.17) is 4.74 Å². The van der Waals surface area contributed by atoms with E-state index in [1.165, 1.54) is 19.3 Å². The zero-order valence-corrected chi connectivity index (χ0v) is 17.7. The number of carbonyl (C=O) groups is 1. The Kier molecular flexibility index (Phi) is 7.16. The first-order valence-electron chi connectivity index (χ1n) is 10.9. The van der Waals surface area contributed by atoms with Crippen LogP contribution in [0, 0.1) is 23.2 Å². The van der Waals surface area contributed by atoms with E-state index in [-0.39, 0.29) is 5.60 Å². The van der Waals surface area contributed by atoms with Gasteiger partial charge in [0, 0.05) is 11.8 Å². The second-order valence-corrected chi connectivity index (χ2v) is 10.00. The lowest BCUT2D eigenvalue weighted by atomic mass is 9.66. The van der Waals surface area contributed by atoms with E-state index in [0.717, 1.165) is 50.9 Å². The van der Waals surface area contributed by atoms with Gasteiger partial charge in [0.2, 0.25) is 0 Å². The first-order valence-corrected chi connectivity index (χ1v) is 10.9. The summed E-state index contributed by atoms with van der Waals surface area (Å²) < 4.78 is 6.25. The van der Waals surface area contributed by atoms with Crippen LogP contribution in [-0.4, -0.2) is 17.5 Å². The molecule has 2 fully saturated rings. The maximum Gasteiger partial charge on any atom is 0.139 e. The Hall–Kier alpha value is -0.370. The third-order valence-electron chi connectivity index (χ3n) is 7.56. The monoisotopic (exact) mass is 350 g/mol. The molecule has 2 aliphatic rings. The number of hydrogen-bond acceptors (Lipinski definition) is 2. The number of ketones is 1. The molecule has 0 aliphatic heterocycles. The van der Waals surface area contributed by atoms with Crippen molar-refractivity contribution in [3.63, 3.8) is 0 Å². The molecule has 0 bridgehead atoms. The van der Waals surface area contributed by atoms with Crippen molar-refractivity contribution in [1.82, 2.24) is 0 Å². The van der Waals surface area contributed by atoms with Crippen molar-refractivity contribution in [1.29, 1.82) is 0 Å². The first kappa shape index (κ1) is 20.9. The summed E-state index contributed by atoms with van der Waals surface area (Å²) in [5.41, 5.74) is 0.418. The number of Topliss-reactive ketones (excluding diaryl/α,β-unsaturated/α-hetero) is 1. The van der Waals surface area contributed by atoms with Gasteiger partial charge < -0.3 is 4.74 Å². The fourth-order valence-corrected chi connectivity index (χ4v) is 4.78. The number of ether oxygens (including phenoxy) is 1. The van der Waals surface area contributed by atoms with Crippen LogP contribution in [0.25, 0.3) is 0 Å². The maximum absolute atomic E-state index is 13.0. The van der Waals surface area contributed by atoms with E-state index in [9.17, 15) is 4.79 Å². The first-order chi connectivity index (χ1) is 11.7. The predicted octanol–water partition coefficient (Wildman–Crippen LogP) is 6.56. The summed E-state index contributed by atoms with van der Waals surface area (Å²) >= 11 is 0. The third kappa shape index (κ3) is 5.55. The van der Waals surface area contributed by atoms with Gasteiger partial charge in [0.25, 0.3) is 0 Å². The maximum atomic E-state index is 13.0. The standard InChI is InChI=1S/C23H42O2/c1-7-22(3,4)19-13-9-17(10-14-19)21(24)18-11-15-20(16-12-18)25-23(5,6)8-2/h17-20H,7-16H2,1-6H3. The van der Waals surface area contributed by atoms with Crippen LogP contribution in [0.3, 0.4) is 0 Å². The molecule has 0 aromatic carbocycles. The van der Waals surface area contributed by atoms with Gasteiger partial charge in [-0.15, -0.1) is 0 Å². The van der Waals surface area contributed by atoms with Crippen molar-refractivity contribution in [2.24, 2.45) is 23.2 Å². The summed E-state index contributed by atoms with van der Waals surface area (Å²) in [7, 11) is 0. The van der Waals surface area contributed by atoms with Gasteiger partial charge in [-0.2, -0.15) is 0 Å². The van der Waals surface area contributed by atoms with E-state index < -0.39 is 0 Å². The Morgan fingerprint density at radius 3 is 1.72 bits per heavy atom. The SMILES string of the molecule is CCC(C)(C)OC1CCC(C(=O)C2CCC(C(C)(C)CC)CC2)CC1. The van der Waals surface area contributed by atoms with Gasteiger partial charge in [0.15, 0.2) is 0 Å². The van der Waals surface area contributed by atoms with Gasteiger partial charge in [0.05, 0.1) is 11.7 Å². The molecule has 146 valence electrons. The molecule has 0 radical (unpaired) electrons.